The highest BCUT2D eigenvalue weighted by Crippen LogP contribution is 2.04. The second-order valence-corrected chi connectivity index (χ2v) is 2.60. The molecule has 14 heavy (non-hydrogen) atoms. The van der Waals surface area contributed by atoms with Crippen LogP contribution in [0.3, 0.4) is 0 Å². The van der Waals surface area contributed by atoms with Gasteiger partial charge in [0.2, 0.25) is 0 Å². The number of nitrogens with two attached hydrogens (primary N) is 1. The lowest BCUT2D eigenvalue weighted by molar-refractivity contribution is -0.137. The third-order valence-corrected chi connectivity index (χ3v) is 1.50. The minimum Gasteiger partial charge on any atom is -0.463 e. The average Bonchev–Trinajstić information content (AvgIpc) is 2.15. The first-order valence-corrected chi connectivity index (χ1v) is 4.28. The molecule has 0 aromatic carbocycles. The molecule has 0 unspecified atom stereocenters. The van der Waals surface area contributed by atoms with Crippen molar-refractivity contribution in [1.29, 1.82) is 0 Å². The first-order valence-electron chi connectivity index (χ1n) is 4.28. The van der Waals surface area contributed by atoms with Gasteiger partial charge in [-0.05, 0) is 30.7 Å². The van der Waals surface area contributed by atoms with Crippen LogP contribution in [0.2, 0.25) is 0 Å². The maximum atomic E-state index is 10.9. The van der Waals surface area contributed by atoms with E-state index in [1.165, 1.54) is 6.08 Å². The minimum atomic E-state index is -0.358. The summed E-state index contributed by atoms with van der Waals surface area (Å²) in [6.07, 6.45) is 4.58. The minimum absolute atomic E-state index is 0.358. The molecule has 74 valence electrons. The lowest BCUT2D eigenvalue weighted by Crippen LogP contribution is -1.98. The lowest BCUT2D eigenvalue weighted by Gasteiger charge is -1.96. The van der Waals surface area contributed by atoms with E-state index in [9.17, 15) is 4.79 Å². The van der Waals surface area contributed by atoms with Crippen LogP contribution in [0.4, 0.5) is 5.82 Å². The molecule has 0 aliphatic carbocycles. The Bertz CT molecular complexity index is 348. The van der Waals surface area contributed by atoms with Crippen LogP contribution in [0.25, 0.3) is 6.08 Å². The predicted octanol–water partition coefficient (Wildman–Crippen LogP) is 1.24. The summed E-state index contributed by atoms with van der Waals surface area (Å²) in [5, 5.41) is 0. The van der Waals surface area contributed by atoms with Crippen LogP contribution in [0.5, 0.6) is 0 Å². The highest BCUT2D eigenvalue weighted by atomic mass is 16.5. The SMILES string of the molecule is CCOC(=O)C=Cc1ccnc(N)c1. The van der Waals surface area contributed by atoms with E-state index in [1.54, 1.807) is 31.3 Å². The third kappa shape index (κ3) is 3.26. The van der Waals surface area contributed by atoms with Crippen LogP contribution in [-0.2, 0) is 9.53 Å². The number of ether oxygens (including phenoxy) is 1. The highest BCUT2D eigenvalue weighted by molar-refractivity contribution is 5.87. The molecule has 1 heterocycles. The number of nitrogen functional groups attached to an aromatic ring is 1. The van der Waals surface area contributed by atoms with Gasteiger partial charge in [0, 0.05) is 12.3 Å². The van der Waals surface area contributed by atoms with Crippen LogP contribution in [0.1, 0.15) is 12.5 Å². The number of nitrogens with zero attached hydrogens (tertiary/aromatic N) is 1. The fourth-order valence-electron chi connectivity index (χ4n) is 0.924. The number of hydrogen-bond acceptors (Lipinski definition) is 4. The van der Waals surface area contributed by atoms with Gasteiger partial charge >= 0.3 is 5.97 Å². The molecule has 4 nitrogen and oxygen atoms in total. The molecule has 1 aromatic heterocycles. The molecule has 2 N–H and O–H groups in total. The van der Waals surface area contributed by atoms with E-state index >= 15 is 0 Å². The molecule has 0 fully saturated rings. The van der Waals surface area contributed by atoms with E-state index in [-0.39, 0.29) is 5.97 Å². The van der Waals surface area contributed by atoms with Gasteiger partial charge in [0.25, 0.3) is 0 Å². The Morgan fingerprint density at radius 3 is 3.14 bits per heavy atom. The van der Waals surface area contributed by atoms with Crippen LogP contribution in [0.15, 0.2) is 24.4 Å². The summed E-state index contributed by atoms with van der Waals surface area (Å²) in [5.41, 5.74) is 6.29. The summed E-state index contributed by atoms with van der Waals surface area (Å²) in [7, 11) is 0. The molecule has 0 radical (unpaired) electrons. The predicted molar refractivity (Wildman–Crippen MR) is 54.3 cm³/mol. The number of pyridine rings is 1. The van der Waals surface area contributed by atoms with Gasteiger partial charge < -0.3 is 10.5 Å². The molecular formula is C10H12N2O2. The van der Waals surface area contributed by atoms with E-state index in [2.05, 4.69) is 4.98 Å². The summed E-state index contributed by atoms with van der Waals surface area (Å²) in [5.74, 6) is 0.0684. The van der Waals surface area contributed by atoms with Crippen molar-refractivity contribution in [3.8, 4) is 0 Å². The molecule has 0 bridgehead atoms. The molecule has 0 saturated carbocycles. The zero-order chi connectivity index (χ0) is 10.4. The maximum Gasteiger partial charge on any atom is 0.330 e. The van der Waals surface area contributed by atoms with Crippen molar-refractivity contribution >= 4 is 17.9 Å². The molecule has 0 saturated heterocycles. The zero-order valence-corrected chi connectivity index (χ0v) is 7.93. The standard InChI is InChI=1S/C10H12N2O2/c1-2-14-10(13)4-3-8-5-6-12-9(11)7-8/h3-7H,2H2,1H3,(H2,11,12). The van der Waals surface area contributed by atoms with Crippen LogP contribution in [0, 0.1) is 0 Å². The summed E-state index contributed by atoms with van der Waals surface area (Å²) in [6.45, 7) is 2.14. The molecule has 0 atom stereocenters. The Balaban J connectivity index is 2.64. The molecule has 1 rings (SSSR count). The summed E-state index contributed by atoms with van der Waals surface area (Å²) in [4.78, 5) is 14.8. The van der Waals surface area contributed by atoms with Crippen LogP contribution in [-0.4, -0.2) is 17.6 Å². The van der Waals surface area contributed by atoms with E-state index in [1.807, 2.05) is 0 Å². The fraction of sp³-hybridized carbons (Fsp3) is 0.200. The van der Waals surface area contributed by atoms with Crippen molar-refractivity contribution in [3.05, 3.63) is 30.0 Å². The van der Waals surface area contributed by atoms with Crippen molar-refractivity contribution in [2.24, 2.45) is 0 Å². The van der Waals surface area contributed by atoms with Gasteiger partial charge in [0.15, 0.2) is 0 Å². The van der Waals surface area contributed by atoms with Gasteiger partial charge in [-0.15, -0.1) is 0 Å². The van der Waals surface area contributed by atoms with Crippen molar-refractivity contribution in [2.75, 3.05) is 12.3 Å². The van der Waals surface area contributed by atoms with E-state index in [0.717, 1.165) is 5.56 Å². The molecule has 4 heteroatoms. The monoisotopic (exact) mass is 192 g/mol. The Morgan fingerprint density at radius 2 is 2.50 bits per heavy atom. The molecule has 0 spiro atoms. The highest BCUT2D eigenvalue weighted by Gasteiger charge is 1.94. The molecule has 1 aromatic rings. The lowest BCUT2D eigenvalue weighted by atomic mass is 10.2. The Kier molecular flexibility index (Phi) is 3.67. The van der Waals surface area contributed by atoms with Crippen LogP contribution < -0.4 is 5.73 Å². The number of rotatable bonds is 3. The van der Waals surface area contributed by atoms with E-state index in [0.29, 0.717) is 12.4 Å². The number of carbonyl (C=O) groups excluding carboxylic acids is 1. The Morgan fingerprint density at radius 1 is 1.71 bits per heavy atom. The Labute approximate surface area is 82.4 Å². The zero-order valence-electron chi connectivity index (χ0n) is 7.93. The second kappa shape index (κ2) is 5.01. The third-order valence-electron chi connectivity index (χ3n) is 1.50. The van der Waals surface area contributed by atoms with Crippen molar-refractivity contribution in [2.45, 2.75) is 6.92 Å². The van der Waals surface area contributed by atoms with Gasteiger partial charge in [-0.1, -0.05) is 0 Å². The molecule has 0 aliphatic heterocycles. The summed E-state index contributed by atoms with van der Waals surface area (Å²) >= 11 is 0. The van der Waals surface area contributed by atoms with Crippen molar-refractivity contribution < 1.29 is 9.53 Å². The summed E-state index contributed by atoms with van der Waals surface area (Å²) < 4.78 is 4.72. The van der Waals surface area contributed by atoms with Crippen molar-refractivity contribution in [3.63, 3.8) is 0 Å². The number of esters is 1. The van der Waals surface area contributed by atoms with Gasteiger partial charge in [0.05, 0.1) is 6.61 Å². The van der Waals surface area contributed by atoms with Gasteiger partial charge in [-0.2, -0.15) is 0 Å². The maximum absolute atomic E-state index is 10.9. The molecule has 0 amide bonds. The number of carbonyl (C=O) groups is 1. The first kappa shape index (κ1) is 10.2. The largest absolute Gasteiger partial charge is 0.463 e. The van der Waals surface area contributed by atoms with E-state index in [4.69, 9.17) is 10.5 Å². The summed E-state index contributed by atoms with van der Waals surface area (Å²) in [6, 6.07) is 3.43. The smallest absolute Gasteiger partial charge is 0.330 e. The van der Waals surface area contributed by atoms with Gasteiger partial charge in [-0.3, -0.25) is 0 Å². The quantitative estimate of drug-likeness (QED) is 0.578. The first-order chi connectivity index (χ1) is 6.72. The Hall–Kier alpha value is -1.84. The normalized spacial score (nSPS) is 10.4. The molecular weight excluding hydrogens is 180 g/mol. The van der Waals surface area contributed by atoms with Crippen molar-refractivity contribution in [1.82, 2.24) is 4.98 Å². The van der Waals surface area contributed by atoms with E-state index < -0.39 is 0 Å². The molecule has 0 aliphatic rings. The number of hydrogen-bond donors (Lipinski definition) is 1. The van der Waals surface area contributed by atoms with Gasteiger partial charge in [-0.25, -0.2) is 9.78 Å². The van der Waals surface area contributed by atoms with Gasteiger partial charge in [0.1, 0.15) is 5.82 Å². The van der Waals surface area contributed by atoms with Crippen LogP contribution >= 0.6 is 0 Å². The average molecular weight is 192 g/mol. The fourth-order valence-corrected chi connectivity index (χ4v) is 0.924. The number of anilines is 1. The number of aromatic nitrogens is 1. The second-order valence-electron chi connectivity index (χ2n) is 2.60. The topological polar surface area (TPSA) is 65.2 Å².